The van der Waals surface area contributed by atoms with Gasteiger partial charge in [0.2, 0.25) is 0 Å². The zero-order chi connectivity index (χ0) is 13.8. The topological polar surface area (TPSA) is 54.6 Å². The molecule has 112 valence electrons. The lowest BCUT2D eigenvalue weighted by Crippen LogP contribution is -2.55. The highest BCUT2D eigenvalue weighted by Crippen LogP contribution is 2.25. The van der Waals surface area contributed by atoms with E-state index in [1.807, 2.05) is 11.6 Å². The number of ether oxygens (including phenoxy) is 1. The van der Waals surface area contributed by atoms with Gasteiger partial charge in [-0.3, -0.25) is 4.90 Å². The average Bonchev–Trinajstić information content (AvgIpc) is 3.04. The van der Waals surface area contributed by atoms with E-state index in [0.717, 1.165) is 63.9 Å². The molecular weight excluding hydrogens is 272 g/mol. The molecule has 3 rings (SSSR count). The number of nitrogens with two attached hydrogens (primary N) is 1. The summed E-state index contributed by atoms with van der Waals surface area (Å²) in [6.07, 6.45) is 4.21. The van der Waals surface area contributed by atoms with Gasteiger partial charge in [0.25, 0.3) is 0 Å². The van der Waals surface area contributed by atoms with Gasteiger partial charge in [-0.1, -0.05) is 0 Å². The highest BCUT2D eigenvalue weighted by atomic mass is 32.1. The van der Waals surface area contributed by atoms with E-state index in [1.165, 1.54) is 0 Å². The second kappa shape index (κ2) is 6.85. The van der Waals surface area contributed by atoms with Crippen molar-refractivity contribution < 1.29 is 4.74 Å². The van der Waals surface area contributed by atoms with Crippen LogP contribution in [-0.2, 0) is 4.74 Å². The van der Waals surface area contributed by atoms with Crippen LogP contribution < -0.4 is 10.6 Å². The van der Waals surface area contributed by atoms with Gasteiger partial charge in [-0.15, -0.1) is 11.3 Å². The molecule has 5 nitrogen and oxygen atoms in total. The molecule has 6 heteroatoms. The van der Waals surface area contributed by atoms with Gasteiger partial charge in [0, 0.05) is 63.6 Å². The molecule has 0 saturated carbocycles. The Balaban J connectivity index is 1.55. The lowest BCUT2D eigenvalue weighted by molar-refractivity contribution is 0.0261. The SMILES string of the molecule is NCC(C1CCOCC1)N1CCN(c2nccs2)CC1. The predicted molar refractivity (Wildman–Crippen MR) is 82.3 cm³/mol. The first-order valence-electron chi connectivity index (χ1n) is 7.55. The van der Waals surface area contributed by atoms with Crippen molar-refractivity contribution in [3.63, 3.8) is 0 Å². The van der Waals surface area contributed by atoms with Crippen molar-refractivity contribution in [1.82, 2.24) is 9.88 Å². The Kier molecular flexibility index (Phi) is 4.88. The van der Waals surface area contributed by atoms with Crippen molar-refractivity contribution in [2.75, 3.05) is 50.8 Å². The third-order valence-corrected chi connectivity index (χ3v) is 5.36. The second-order valence-corrected chi connectivity index (χ2v) is 6.46. The highest BCUT2D eigenvalue weighted by molar-refractivity contribution is 7.13. The Bertz CT molecular complexity index is 386. The molecule has 3 heterocycles. The van der Waals surface area contributed by atoms with E-state index in [0.29, 0.717) is 12.0 Å². The van der Waals surface area contributed by atoms with E-state index < -0.39 is 0 Å². The molecule has 2 aliphatic rings. The molecule has 1 atom stereocenters. The van der Waals surface area contributed by atoms with Crippen LogP contribution in [0, 0.1) is 5.92 Å². The molecular formula is C14H24N4OS. The van der Waals surface area contributed by atoms with Crippen LogP contribution in [0.5, 0.6) is 0 Å². The molecule has 1 aromatic rings. The number of thiazole rings is 1. The maximum absolute atomic E-state index is 6.06. The van der Waals surface area contributed by atoms with Crippen LogP contribution >= 0.6 is 11.3 Å². The Morgan fingerprint density at radius 2 is 2.05 bits per heavy atom. The molecule has 0 aliphatic carbocycles. The molecule has 0 spiro atoms. The number of nitrogens with zero attached hydrogens (tertiary/aromatic N) is 3. The number of aromatic nitrogens is 1. The van der Waals surface area contributed by atoms with Crippen molar-refractivity contribution in [3.05, 3.63) is 11.6 Å². The van der Waals surface area contributed by atoms with Crippen molar-refractivity contribution >= 4 is 16.5 Å². The molecule has 2 fully saturated rings. The van der Waals surface area contributed by atoms with Crippen LogP contribution in [0.1, 0.15) is 12.8 Å². The molecule has 2 saturated heterocycles. The summed E-state index contributed by atoms with van der Waals surface area (Å²) in [5.41, 5.74) is 6.06. The number of rotatable bonds is 4. The van der Waals surface area contributed by atoms with Gasteiger partial charge in [0.15, 0.2) is 5.13 Å². The molecule has 0 amide bonds. The fourth-order valence-electron chi connectivity index (χ4n) is 3.36. The van der Waals surface area contributed by atoms with Gasteiger partial charge in [0.1, 0.15) is 0 Å². The Morgan fingerprint density at radius 3 is 2.65 bits per heavy atom. The summed E-state index contributed by atoms with van der Waals surface area (Å²) < 4.78 is 5.47. The van der Waals surface area contributed by atoms with Crippen molar-refractivity contribution in [3.8, 4) is 0 Å². The van der Waals surface area contributed by atoms with E-state index in [2.05, 4.69) is 14.8 Å². The first kappa shape index (κ1) is 14.3. The van der Waals surface area contributed by atoms with E-state index in [4.69, 9.17) is 10.5 Å². The third kappa shape index (κ3) is 3.14. The van der Waals surface area contributed by atoms with Crippen molar-refractivity contribution in [1.29, 1.82) is 0 Å². The summed E-state index contributed by atoms with van der Waals surface area (Å²) in [5.74, 6) is 0.708. The molecule has 1 unspecified atom stereocenters. The number of hydrogen-bond donors (Lipinski definition) is 1. The van der Waals surface area contributed by atoms with E-state index in [9.17, 15) is 0 Å². The Hall–Kier alpha value is -0.690. The second-order valence-electron chi connectivity index (χ2n) is 5.59. The van der Waals surface area contributed by atoms with Crippen molar-refractivity contribution in [2.24, 2.45) is 11.7 Å². The minimum absolute atomic E-state index is 0.525. The van der Waals surface area contributed by atoms with Gasteiger partial charge in [0.05, 0.1) is 0 Å². The Morgan fingerprint density at radius 1 is 1.30 bits per heavy atom. The first-order chi connectivity index (χ1) is 9.88. The van der Waals surface area contributed by atoms with Crippen LogP contribution in [0.3, 0.4) is 0 Å². The molecule has 1 aromatic heterocycles. The molecule has 0 radical (unpaired) electrons. The van der Waals surface area contributed by atoms with Crippen LogP contribution in [0.25, 0.3) is 0 Å². The number of piperazine rings is 1. The molecule has 20 heavy (non-hydrogen) atoms. The zero-order valence-corrected chi connectivity index (χ0v) is 12.7. The van der Waals surface area contributed by atoms with Gasteiger partial charge < -0.3 is 15.4 Å². The largest absolute Gasteiger partial charge is 0.381 e. The number of anilines is 1. The zero-order valence-electron chi connectivity index (χ0n) is 11.9. The molecule has 0 bridgehead atoms. The summed E-state index contributed by atoms with van der Waals surface area (Å²) in [7, 11) is 0. The fourth-order valence-corrected chi connectivity index (χ4v) is 4.05. The van der Waals surface area contributed by atoms with Gasteiger partial charge >= 0.3 is 0 Å². The lowest BCUT2D eigenvalue weighted by atomic mass is 9.90. The van der Waals surface area contributed by atoms with E-state index in [-0.39, 0.29) is 0 Å². The summed E-state index contributed by atoms with van der Waals surface area (Å²) in [4.78, 5) is 9.38. The summed E-state index contributed by atoms with van der Waals surface area (Å²) >= 11 is 1.73. The fraction of sp³-hybridized carbons (Fsp3) is 0.786. The summed E-state index contributed by atoms with van der Waals surface area (Å²) in [6, 6.07) is 0.525. The predicted octanol–water partition coefficient (Wildman–Crippen LogP) is 1.02. The first-order valence-corrected chi connectivity index (χ1v) is 8.43. The van der Waals surface area contributed by atoms with E-state index in [1.54, 1.807) is 11.3 Å². The number of hydrogen-bond acceptors (Lipinski definition) is 6. The smallest absolute Gasteiger partial charge is 0.185 e. The average molecular weight is 296 g/mol. The van der Waals surface area contributed by atoms with Gasteiger partial charge in [-0.25, -0.2) is 4.98 Å². The van der Waals surface area contributed by atoms with Crippen molar-refractivity contribution in [2.45, 2.75) is 18.9 Å². The maximum atomic E-state index is 6.06. The monoisotopic (exact) mass is 296 g/mol. The van der Waals surface area contributed by atoms with Crippen LogP contribution in [0.2, 0.25) is 0 Å². The van der Waals surface area contributed by atoms with Crippen LogP contribution in [0.4, 0.5) is 5.13 Å². The van der Waals surface area contributed by atoms with Crippen LogP contribution in [0.15, 0.2) is 11.6 Å². The van der Waals surface area contributed by atoms with E-state index >= 15 is 0 Å². The standard InChI is InChI=1S/C14H24N4OS/c15-11-13(12-1-8-19-9-2-12)17-4-6-18(7-5-17)14-16-3-10-20-14/h3,10,12-13H,1-2,4-9,11,15H2. The summed E-state index contributed by atoms with van der Waals surface area (Å²) in [6.45, 7) is 6.89. The maximum Gasteiger partial charge on any atom is 0.185 e. The van der Waals surface area contributed by atoms with Gasteiger partial charge in [-0.05, 0) is 18.8 Å². The normalized spacial score (nSPS) is 23.9. The van der Waals surface area contributed by atoms with Gasteiger partial charge in [-0.2, -0.15) is 0 Å². The third-order valence-electron chi connectivity index (χ3n) is 4.52. The Labute approximate surface area is 124 Å². The highest BCUT2D eigenvalue weighted by Gasteiger charge is 2.30. The lowest BCUT2D eigenvalue weighted by Gasteiger charge is -2.42. The quantitative estimate of drug-likeness (QED) is 0.899. The molecule has 0 aromatic carbocycles. The summed E-state index contributed by atoms with van der Waals surface area (Å²) in [5, 5.41) is 3.20. The molecule has 2 aliphatic heterocycles. The van der Waals surface area contributed by atoms with Crippen LogP contribution in [-0.4, -0.2) is 61.9 Å². The molecule has 2 N–H and O–H groups in total. The minimum Gasteiger partial charge on any atom is -0.381 e. The minimum atomic E-state index is 0.525.